The highest BCUT2D eigenvalue weighted by Crippen LogP contribution is 2.14. The maximum Gasteiger partial charge on any atom is 0.515 e. The van der Waals surface area contributed by atoms with E-state index in [2.05, 4.69) is 5.10 Å². The van der Waals surface area contributed by atoms with E-state index >= 15 is 0 Å². The van der Waals surface area contributed by atoms with Gasteiger partial charge < -0.3 is 14.2 Å². The summed E-state index contributed by atoms with van der Waals surface area (Å²) in [5.74, 6) is 1.14. The largest absolute Gasteiger partial charge is 0.515 e. The molecule has 1 aromatic carbocycles. The van der Waals surface area contributed by atoms with Gasteiger partial charge in [0.2, 0.25) is 5.88 Å². The molecule has 0 spiro atoms. The van der Waals surface area contributed by atoms with Gasteiger partial charge in [-0.05, 0) is 26.0 Å². The lowest BCUT2D eigenvalue weighted by Gasteiger charge is -2.09. The Kier molecular flexibility index (Phi) is 5.20. The SMILES string of the molecule is CCOC(=O)Oc1cc(C)nn1CCOc1ccccc1. The molecule has 2 rings (SSSR count). The van der Waals surface area contributed by atoms with Crippen LogP contribution in [0.1, 0.15) is 12.6 Å². The predicted octanol–water partition coefficient (Wildman–Crippen LogP) is 2.81. The van der Waals surface area contributed by atoms with E-state index in [9.17, 15) is 4.79 Å². The van der Waals surface area contributed by atoms with Gasteiger partial charge >= 0.3 is 6.16 Å². The fourth-order valence-electron chi connectivity index (χ4n) is 1.76. The smallest absolute Gasteiger partial charge is 0.492 e. The molecule has 0 unspecified atom stereocenters. The summed E-state index contributed by atoms with van der Waals surface area (Å²) in [4.78, 5) is 11.4. The second-order valence-electron chi connectivity index (χ2n) is 4.29. The molecule has 0 aliphatic rings. The highest BCUT2D eigenvalue weighted by Gasteiger charge is 2.12. The average molecular weight is 290 g/mol. The normalized spacial score (nSPS) is 10.2. The van der Waals surface area contributed by atoms with Crippen molar-refractivity contribution < 1.29 is 19.0 Å². The van der Waals surface area contributed by atoms with E-state index < -0.39 is 6.16 Å². The van der Waals surface area contributed by atoms with Crippen molar-refractivity contribution >= 4 is 6.16 Å². The third-order valence-electron chi connectivity index (χ3n) is 2.63. The molecule has 112 valence electrons. The molecule has 6 heteroatoms. The van der Waals surface area contributed by atoms with Crippen LogP contribution in [-0.2, 0) is 11.3 Å². The molecule has 0 aliphatic carbocycles. The molecule has 2 aromatic rings. The van der Waals surface area contributed by atoms with Gasteiger partial charge in [-0.25, -0.2) is 9.48 Å². The van der Waals surface area contributed by atoms with Crippen LogP contribution in [0.3, 0.4) is 0 Å². The van der Waals surface area contributed by atoms with E-state index in [1.807, 2.05) is 37.3 Å². The second-order valence-corrected chi connectivity index (χ2v) is 4.29. The third kappa shape index (κ3) is 4.52. The van der Waals surface area contributed by atoms with Crippen LogP contribution in [0.25, 0.3) is 0 Å². The molecule has 0 fully saturated rings. The summed E-state index contributed by atoms with van der Waals surface area (Å²) in [6, 6.07) is 11.2. The minimum Gasteiger partial charge on any atom is -0.492 e. The van der Waals surface area contributed by atoms with Gasteiger partial charge in [0.1, 0.15) is 12.4 Å². The number of rotatable bonds is 6. The number of benzene rings is 1. The molecule has 0 aliphatic heterocycles. The Morgan fingerprint density at radius 2 is 2.05 bits per heavy atom. The van der Waals surface area contributed by atoms with Crippen molar-refractivity contribution in [3.05, 3.63) is 42.1 Å². The van der Waals surface area contributed by atoms with E-state index in [1.165, 1.54) is 0 Å². The molecule has 0 bridgehead atoms. The first-order valence-electron chi connectivity index (χ1n) is 6.76. The molecule has 0 amide bonds. The maximum atomic E-state index is 11.4. The Bertz CT molecular complexity index is 581. The molecule has 0 saturated carbocycles. The van der Waals surface area contributed by atoms with Crippen molar-refractivity contribution in [2.24, 2.45) is 0 Å². The highest BCUT2D eigenvalue weighted by molar-refractivity contribution is 5.63. The van der Waals surface area contributed by atoms with Crippen LogP contribution in [0.15, 0.2) is 36.4 Å². The van der Waals surface area contributed by atoms with E-state index in [0.29, 0.717) is 19.0 Å². The number of para-hydroxylation sites is 1. The number of hydrogen-bond acceptors (Lipinski definition) is 5. The third-order valence-corrected chi connectivity index (χ3v) is 2.63. The molecule has 0 saturated heterocycles. The summed E-state index contributed by atoms with van der Waals surface area (Å²) in [5.41, 5.74) is 0.758. The summed E-state index contributed by atoms with van der Waals surface area (Å²) in [5, 5.41) is 4.26. The van der Waals surface area contributed by atoms with Crippen LogP contribution >= 0.6 is 0 Å². The van der Waals surface area contributed by atoms with Crippen LogP contribution in [-0.4, -0.2) is 29.1 Å². The lowest BCUT2D eigenvalue weighted by Crippen LogP contribution is -2.16. The summed E-state index contributed by atoms with van der Waals surface area (Å²) >= 11 is 0. The first-order valence-corrected chi connectivity index (χ1v) is 6.76. The van der Waals surface area contributed by atoms with Gasteiger partial charge in [0.15, 0.2) is 0 Å². The van der Waals surface area contributed by atoms with Crippen LogP contribution in [0.5, 0.6) is 11.6 Å². The Morgan fingerprint density at radius 1 is 1.29 bits per heavy atom. The molecule has 1 heterocycles. The maximum absolute atomic E-state index is 11.4. The summed E-state index contributed by atoms with van der Waals surface area (Å²) in [6.45, 7) is 4.70. The first-order chi connectivity index (χ1) is 10.2. The molecule has 1 aromatic heterocycles. The minimum absolute atomic E-state index is 0.267. The highest BCUT2D eigenvalue weighted by atomic mass is 16.7. The fraction of sp³-hybridized carbons (Fsp3) is 0.333. The van der Waals surface area contributed by atoms with Crippen molar-refractivity contribution in [3.8, 4) is 11.6 Å². The summed E-state index contributed by atoms with van der Waals surface area (Å²) in [6.07, 6.45) is -0.734. The van der Waals surface area contributed by atoms with Crippen molar-refractivity contribution in [1.82, 2.24) is 9.78 Å². The number of aryl methyl sites for hydroxylation is 1. The van der Waals surface area contributed by atoms with Gasteiger partial charge in [0, 0.05) is 6.07 Å². The molecular weight excluding hydrogens is 272 g/mol. The second kappa shape index (κ2) is 7.33. The van der Waals surface area contributed by atoms with Gasteiger partial charge in [-0.1, -0.05) is 18.2 Å². The van der Waals surface area contributed by atoms with Crippen molar-refractivity contribution in [2.75, 3.05) is 13.2 Å². The van der Waals surface area contributed by atoms with Crippen molar-refractivity contribution in [1.29, 1.82) is 0 Å². The van der Waals surface area contributed by atoms with Crippen LogP contribution in [0.2, 0.25) is 0 Å². The molecule has 0 N–H and O–H groups in total. The zero-order valence-electron chi connectivity index (χ0n) is 12.1. The standard InChI is InChI=1S/C15H18N2O4/c1-3-19-15(18)21-14-11-12(2)16-17(14)9-10-20-13-7-5-4-6-8-13/h4-8,11H,3,9-10H2,1-2H3. The Hall–Kier alpha value is -2.50. The number of aromatic nitrogens is 2. The number of carbonyl (C=O) groups is 1. The van der Waals surface area contributed by atoms with Crippen LogP contribution in [0, 0.1) is 6.92 Å². The Labute approximate surface area is 123 Å². The van der Waals surface area contributed by atoms with E-state index in [0.717, 1.165) is 11.4 Å². The summed E-state index contributed by atoms with van der Waals surface area (Å²) < 4.78 is 17.0. The van der Waals surface area contributed by atoms with Crippen LogP contribution in [0.4, 0.5) is 4.79 Å². The number of carbonyl (C=O) groups excluding carboxylic acids is 1. The number of hydrogen-bond donors (Lipinski definition) is 0. The topological polar surface area (TPSA) is 62.6 Å². The average Bonchev–Trinajstić information content (AvgIpc) is 2.80. The van der Waals surface area contributed by atoms with Gasteiger partial charge in [-0.15, -0.1) is 0 Å². The van der Waals surface area contributed by atoms with Gasteiger partial charge in [-0.2, -0.15) is 5.10 Å². The van der Waals surface area contributed by atoms with Crippen LogP contribution < -0.4 is 9.47 Å². The van der Waals surface area contributed by atoms with Gasteiger partial charge in [0.05, 0.1) is 18.8 Å². The zero-order chi connectivity index (χ0) is 15.1. The Morgan fingerprint density at radius 3 is 2.76 bits per heavy atom. The monoisotopic (exact) mass is 290 g/mol. The van der Waals surface area contributed by atoms with Crippen molar-refractivity contribution in [2.45, 2.75) is 20.4 Å². The minimum atomic E-state index is -0.734. The lowest BCUT2D eigenvalue weighted by molar-refractivity contribution is 0.0998. The predicted molar refractivity (Wildman–Crippen MR) is 76.6 cm³/mol. The molecule has 21 heavy (non-hydrogen) atoms. The molecule has 6 nitrogen and oxygen atoms in total. The fourth-order valence-corrected chi connectivity index (χ4v) is 1.76. The van der Waals surface area contributed by atoms with E-state index in [1.54, 1.807) is 17.7 Å². The van der Waals surface area contributed by atoms with Gasteiger partial charge in [-0.3, -0.25) is 0 Å². The van der Waals surface area contributed by atoms with E-state index in [-0.39, 0.29) is 6.61 Å². The first kappa shape index (κ1) is 14.9. The molecular formula is C15H18N2O4. The number of nitrogens with zero attached hydrogens (tertiary/aromatic N) is 2. The molecule has 0 radical (unpaired) electrons. The zero-order valence-corrected chi connectivity index (χ0v) is 12.1. The quantitative estimate of drug-likeness (QED) is 0.765. The molecule has 0 atom stereocenters. The Balaban J connectivity index is 1.92. The lowest BCUT2D eigenvalue weighted by atomic mass is 10.3. The van der Waals surface area contributed by atoms with E-state index in [4.69, 9.17) is 14.2 Å². The van der Waals surface area contributed by atoms with Crippen molar-refractivity contribution in [3.63, 3.8) is 0 Å². The number of ether oxygens (including phenoxy) is 3. The summed E-state index contributed by atoms with van der Waals surface area (Å²) in [7, 11) is 0. The van der Waals surface area contributed by atoms with Gasteiger partial charge in [0.25, 0.3) is 0 Å².